The number of esters is 1. The van der Waals surface area contributed by atoms with Crippen LogP contribution in [0.2, 0.25) is 0 Å². The summed E-state index contributed by atoms with van der Waals surface area (Å²) < 4.78 is 32.4. The Morgan fingerprint density at radius 1 is 1.26 bits per heavy atom. The Hall–Kier alpha value is -1.40. The summed E-state index contributed by atoms with van der Waals surface area (Å²) in [5, 5.41) is 0. The molecule has 1 aromatic rings. The van der Waals surface area contributed by atoms with E-state index in [1.165, 1.54) is 4.31 Å². The molecular weight excluding hydrogens is 314 g/mol. The van der Waals surface area contributed by atoms with Crippen LogP contribution < -0.4 is 0 Å². The summed E-state index contributed by atoms with van der Waals surface area (Å²) in [5.74, 6) is 0.656. The minimum Gasteiger partial charge on any atom is -0.464 e. The predicted molar refractivity (Wildman–Crippen MR) is 86.2 cm³/mol. The third-order valence-corrected chi connectivity index (χ3v) is 6.71. The van der Waals surface area contributed by atoms with Gasteiger partial charge in [0, 0.05) is 6.54 Å². The molecule has 1 saturated heterocycles. The second-order valence-electron chi connectivity index (χ2n) is 6.54. The maximum Gasteiger partial charge on any atom is 0.324 e. The Labute approximate surface area is 137 Å². The molecule has 0 spiro atoms. The average molecular weight is 337 g/mol. The molecule has 126 valence electrons. The van der Waals surface area contributed by atoms with Gasteiger partial charge in [0.05, 0.1) is 11.5 Å². The van der Waals surface area contributed by atoms with Gasteiger partial charge in [-0.15, -0.1) is 0 Å². The first-order chi connectivity index (χ1) is 11.0. The van der Waals surface area contributed by atoms with Gasteiger partial charge in [-0.25, -0.2) is 8.42 Å². The van der Waals surface area contributed by atoms with Gasteiger partial charge in [0.15, 0.2) is 0 Å². The van der Waals surface area contributed by atoms with Crippen molar-refractivity contribution >= 4 is 16.0 Å². The van der Waals surface area contributed by atoms with Crippen LogP contribution in [0, 0.1) is 11.8 Å². The molecule has 1 aliphatic carbocycles. The zero-order chi connectivity index (χ0) is 16.4. The van der Waals surface area contributed by atoms with Crippen LogP contribution in [0.3, 0.4) is 0 Å². The molecule has 0 bridgehead atoms. The standard InChI is InChI=1S/C17H23NO4S/c1-13-11-14(13)12-22-17(19)16-9-5-6-10-18(16)23(20,21)15-7-3-2-4-8-15/h2-4,7-8,13-14,16H,5-6,9-12H2,1H3. The van der Waals surface area contributed by atoms with E-state index in [9.17, 15) is 13.2 Å². The summed E-state index contributed by atoms with van der Waals surface area (Å²) in [6, 6.07) is 7.61. The van der Waals surface area contributed by atoms with Crippen molar-refractivity contribution in [3.8, 4) is 0 Å². The fraction of sp³-hybridized carbons (Fsp3) is 0.588. The van der Waals surface area contributed by atoms with Crippen molar-refractivity contribution in [2.24, 2.45) is 11.8 Å². The smallest absolute Gasteiger partial charge is 0.324 e. The van der Waals surface area contributed by atoms with Gasteiger partial charge >= 0.3 is 5.97 Å². The van der Waals surface area contributed by atoms with Crippen molar-refractivity contribution in [3.63, 3.8) is 0 Å². The van der Waals surface area contributed by atoms with Gasteiger partial charge < -0.3 is 4.74 Å². The fourth-order valence-electron chi connectivity index (χ4n) is 3.07. The first kappa shape index (κ1) is 16.5. The summed E-state index contributed by atoms with van der Waals surface area (Å²) in [5.41, 5.74) is 0. The fourth-order valence-corrected chi connectivity index (χ4v) is 4.74. The molecule has 1 aliphatic heterocycles. The van der Waals surface area contributed by atoms with E-state index in [0.717, 1.165) is 19.3 Å². The number of piperidine rings is 1. The molecule has 0 radical (unpaired) electrons. The van der Waals surface area contributed by atoms with Crippen LogP contribution in [0.1, 0.15) is 32.6 Å². The van der Waals surface area contributed by atoms with E-state index in [1.54, 1.807) is 30.3 Å². The van der Waals surface area contributed by atoms with E-state index in [1.807, 2.05) is 0 Å². The van der Waals surface area contributed by atoms with Crippen molar-refractivity contribution in [2.75, 3.05) is 13.2 Å². The first-order valence-corrected chi connectivity index (χ1v) is 9.67. The topological polar surface area (TPSA) is 63.7 Å². The Morgan fingerprint density at radius 3 is 2.61 bits per heavy atom. The second kappa shape index (κ2) is 6.61. The van der Waals surface area contributed by atoms with Gasteiger partial charge in [-0.1, -0.05) is 25.1 Å². The molecule has 1 heterocycles. The largest absolute Gasteiger partial charge is 0.464 e. The van der Waals surface area contributed by atoms with Crippen LogP contribution >= 0.6 is 0 Å². The van der Waals surface area contributed by atoms with Crippen molar-refractivity contribution in [2.45, 2.75) is 43.5 Å². The third kappa shape index (κ3) is 3.58. The summed E-state index contributed by atoms with van der Waals surface area (Å²) in [7, 11) is -3.66. The van der Waals surface area contributed by atoms with E-state index in [4.69, 9.17) is 4.74 Å². The van der Waals surface area contributed by atoms with Crippen LogP contribution in [0.25, 0.3) is 0 Å². The highest BCUT2D eigenvalue weighted by Crippen LogP contribution is 2.38. The van der Waals surface area contributed by atoms with Crippen LogP contribution in [0.4, 0.5) is 0 Å². The summed E-state index contributed by atoms with van der Waals surface area (Å²) in [6.45, 7) is 2.91. The number of carbonyl (C=O) groups excluding carboxylic acids is 1. The van der Waals surface area contributed by atoms with Gasteiger partial charge in [-0.3, -0.25) is 4.79 Å². The molecule has 0 N–H and O–H groups in total. The van der Waals surface area contributed by atoms with Gasteiger partial charge in [0.1, 0.15) is 6.04 Å². The molecule has 6 heteroatoms. The first-order valence-electron chi connectivity index (χ1n) is 8.23. The zero-order valence-electron chi connectivity index (χ0n) is 13.3. The van der Waals surface area contributed by atoms with E-state index < -0.39 is 22.0 Å². The molecule has 2 aliphatic rings. The minimum absolute atomic E-state index is 0.232. The van der Waals surface area contributed by atoms with Crippen LogP contribution in [0.15, 0.2) is 35.2 Å². The van der Waals surface area contributed by atoms with E-state index in [2.05, 4.69) is 6.92 Å². The van der Waals surface area contributed by atoms with E-state index in [-0.39, 0.29) is 4.90 Å². The normalized spacial score (nSPS) is 28.3. The number of hydrogen-bond donors (Lipinski definition) is 0. The van der Waals surface area contributed by atoms with E-state index >= 15 is 0 Å². The highest BCUT2D eigenvalue weighted by molar-refractivity contribution is 7.89. The number of rotatable bonds is 5. The maximum absolute atomic E-state index is 12.8. The number of benzene rings is 1. The Balaban J connectivity index is 1.74. The lowest BCUT2D eigenvalue weighted by Crippen LogP contribution is -2.48. The van der Waals surface area contributed by atoms with E-state index in [0.29, 0.717) is 31.4 Å². The molecule has 5 nitrogen and oxygen atoms in total. The lowest BCUT2D eigenvalue weighted by atomic mass is 10.1. The predicted octanol–water partition coefficient (Wildman–Crippen LogP) is 2.43. The molecule has 1 aromatic carbocycles. The summed E-state index contributed by atoms with van der Waals surface area (Å²) >= 11 is 0. The SMILES string of the molecule is CC1CC1COC(=O)C1CCCCN1S(=O)(=O)c1ccccc1. The highest BCUT2D eigenvalue weighted by atomic mass is 32.2. The monoisotopic (exact) mass is 337 g/mol. The maximum atomic E-state index is 12.8. The van der Waals surface area contributed by atoms with Gasteiger partial charge in [-0.2, -0.15) is 4.31 Å². The Morgan fingerprint density at radius 2 is 1.96 bits per heavy atom. The summed E-state index contributed by atoms with van der Waals surface area (Å²) in [6.07, 6.45) is 3.24. The lowest BCUT2D eigenvalue weighted by molar-refractivity contribution is -0.149. The molecule has 1 saturated carbocycles. The average Bonchev–Trinajstić information content (AvgIpc) is 3.29. The molecule has 3 atom stereocenters. The molecule has 2 fully saturated rings. The number of nitrogens with zero attached hydrogens (tertiary/aromatic N) is 1. The number of sulfonamides is 1. The minimum atomic E-state index is -3.66. The van der Waals surface area contributed by atoms with Gasteiger partial charge in [0.25, 0.3) is 0 Å². The third-order valence-electron chi connectivity index (χ3n) is 4.79. The molecule has 0 amide bonds. The lowest BCUT2D eigenvalue weighted by Gasteiger charge is -2.33. The van der Waals surface area contributed by atoms with Crippen molar-refractivity contribution < 1.29 is 17.9 Å². The van der Waals surface area contributed by atoms with Crippen molar-refractivity contribution in [1.82, 2.24) is 4.31 Å². The van der Waals surface area contributed by atoms with Gasteiger partial charge in [0.2, 0.25) is 10.0 Å². The number of carbonyl (C=O) groups is 1. The zero-order valence-corrected chi connectivity index (χ0v) is 14.2. The van der Waals surface area contributed by atoms with Crippen LogP contribution in [-0.4, -0.2) is 37.9 Å². The summed E-state index contributed by atoms with van der Waals surface area (Å²) in [4.78, 5) is 12.6. The highest BCUT2D eigenvalue weighted by Gasteiger charge is 2.40. The van der Waals surface area contributed by atoms with Crippen molar-refractivity contribution in [3.05, 3.63) is 30.3 Å². The quantitative estimate of drug-likeness (QED) is 0.774. The Bertz CT molecular complexity index is 658. The van der Waals surface area contributed by atoms with Crippen LogP contribution in [0.5, 0.6) is 0 Å². The van der Waals surface area contributed by atoms with Gasteiger partial charge in [-0.05, 0) is 49.7 Å². The molecule has 3 rings (SSSR count). The molecule has 23 heavy (non-hydrogen) atoms. The van der Waals surface area contributed by atoms with Crippen LogP contribution in [-0.2, 0) is 19.6 Å². The molecular formula is C17H23NO4S. The second-order valence-corrected chi connectivity index (χ2v) is 8.43. The molecule has 0 aromatic heterocycles. The molecule has 3 unspecified atom stereocenters. The number of hydrogen-bond acceptors (Lipinski definition) is 4. The van der Waals surface area contributed by atoms with Crippen molar-refractivity contribution in [1.29, 1.82) is 0 Å². The Kier molecular flexibility index (Phi) is 4.73. The number of ether oxygens (including phenoxy) is 1.